The van der Waals surface area contributed by atoms with Gasteiger partial charge in [0, 0.05) is 24.5 Å². The minimum absolute atomic E-state index is 0.0732. The molecule has 0 aliphatic rings. The van der Waals surface area contributed by atoms with Crippen molar-refractivity contribution in [1.29, 1.82) is 0 Å². The molecule has 0 aliphatic carbocycles. The lowest BCUT2D eigenvalue weighted by Crippen LogP contribution is -2.36. The van der Waals surface area contributed by atoms with Crippen LogP contribution in [0.25, 0.3) is 0 Å². The van der Waals surface area contributed by atoms with Crippen LogP contribution < -0.4 is 0 Å². The van der Waals surface area contributed by atoms with Crippen molar-refractivity contribution in [2.75, 3.05) is 59.8 Å². The largest absolute Gasteiger partial charge is 0.462 e. The van der Waals surface area contributed by atoms with E-state index >= 15 is 0 Å². The van der Waals surface area contributed by atoms with Gasteiger partial charge in [-0.15, -0.1) is 0 Å². The fourth-order valence-electron chi connectivity index (χ4n) is 1.23. The number of esters is 2. The normalized spacial score (nSPS) is 13.1. The molecule has 0 saturated carbocycles. The van der Waals surface area contributed by atoms with Crippen molar-refractivity contribution in [2.45, 2.75) is 0 Å². The number of carbonyl (C=O) groups excluding carboxylic acids is 2. The minimum atomic E-state index is -1.75. The Morgan fingerprint density at radius 2 is 1.57 bits per heavy atom. The van der Waals surface area contributed by atoms with Gasteiger partial charge >= 0.3 is 11.9 Å². The number of carbonyl (C=O) groups is 2. The number of nitrogens with zero attached hydrogens (tertiary/aromatic N) is 1. The third-order valence-corrected chi connectivity index (χ3v) is 3.92. The molecule has 0 saturated heterocycles. The second-order valence-electron chi connectivity index (χ2n) is 5.44. The number of rotatable bonds is 10. The Labute approximate surface area is 125 Å². The van der Waals surface area contributed by atoms with Crippen molar-refractivity contribution in [2.24, 2.45) is 0 Å². The van der Waals surface area contributed by atoms with E-state index in [1.807, 2.05) is 21.1 Å². The molecule has 8 heteroatoms. The first kappa shape index (κ1) is 19.8. The predicted octanol–water partition coefficient (Wildman–Crippen LogP) is -0.113. The molecule has 0 aromatic rings. The molecule has 122 valence electrons. The van der Waals surface area contributed by atoms with E-state index in [1.54, 1.807) is 0 Å². The summed E-state index contributed by atoms with van der Waals surface area (Å²) in [6, 6.07) is 0. The molecule has 0 amide bonds. The Morgan fingerprint density at radius 3 is 2.05 bits per heavy atom. The van der Waals surface area contributed by atoms with Crippen LogP contribution >= 0.6 is 7.80 Å². The van der Waals surface area contributed by atoms with Crippen molar-refractivity contribution < 1.29 is 33.2 Å². The Morgan fingerprint density at radius 1 is 1.05 bits per heavy atom. The van der Waals surface area contributed by atoms with Gasteiger partial charge in [0.25, 0.3) is 0 Å². The standard InChI is InChI=1S/C13H25NO6P/c1-14(2,3)6-10-21(18)11-9-20-13(17)5-4-12(16)19-8-7-15/h4-5,15,21H,6-11H2,1-3H3/q+1/b5-4+. The minimum Gasteiger partial charge on any atom is -0.462 e. The Balaban J connectivity index is 3.81. The van der Waals surface area contributed by atoms with Crippen LogP contribution in [0.2, 0.25) is 0 Å². The maximum Gasteiger partial charge on any atom is 0.331 e. The lowest BCUT2D eigenvalue weighted by Gasteiger charge is -2.23. The molecule has 1 unspecified atom stereocenters. The van der Waals surface area contributed by atoms with E-state index in [-0.39, 0.29) is 19.8 Å². The number of ether oxygens (including phenoxy) is 2. The first-order valence-electron chi connectivity index (χ1n) is 6.69. The van der Waals surface area contributed by atoms with Gasteiger partial charge in [0.1, 0.15) is 6.61 Å². The molecule has 0 aromatic carbocycles. The van der Waals surface area contributed by atoms with Gasteiger partial charge in [0.2, 0.25) is 0 Å². The topological polar surface area (TPSA) is 89.9 Å². The van der Waals surface area contributed by atoms with Gasteiger partial charge in [-0.2, -0.15) is 0 Å². The average Bonchev–Trinajstić information content (AvgIpc) is 2.39. The monoisotopic (exact) mass is 322 g/mol. The van der Waals surface area contributed by atoms with Gasteiger partial charge in [-0.25, -0.2) is 9.59 Å². The lowest BCUT2D eigenvalue weighted by atomic mass is 10.5. The van der Waals surface area contributed by atoms with Crippen molar-refractivity contribution in [1.82, 2.24) is 0 Å². The van der Waals surface area contributed by atoms with Crippen LogP contribution in [0, 0.1) is 0 Å². The summed E-state index contributed by atoms with van der Waals surface area (Å²) in [4.78, 5) is 22.3. The third-order valence-electron chi connectivity index (χ3n) is 2.38. The highest BCUT2D eigenvalue weighted by atomic mass is 31.1. The summed E-state index contributed by atoms with van der Waals surface area (Å²) in [6.07, 6.45) is 2.84. The zero-order valence-corrected chi connectivity index (χ0v) is 13.8. The van der Waals surface area contributed by atoms with E-state index in [1.165, 1.54) is 0 Å². The first-order valence-corrected chi connectivity index (χ1v) is 8.51. The molecule has 7 nitrogen and oxygen atoms in total. The fraction of sp³-hybridized carbons (Fsp3) is 0.692. The van der Waals surface area contributed by atoms with Crippen molar-refractivity contribution in [3.63, 3.8) is 0 Å². The van der Waals surface area contributed by atoms with Crippen molar-refractivity contribution in [3.8, 4) is 0 Å². The van der Waals surface area contributed by atoms with Crippen LogP contribution in [-0.2, 0) is 23.6 Å². The van der Waals surface area contributed by atoms with Gasteiger partial charge in [-0.3, -0.25) is 0 Å². The SMILES string of the molecule is C[N+](C)(C)CC[PH](=O)CCOC(=O)/C=C/C(=O)OCCO. The summed E-state index contributed by atoms with van der Waals surface area (Å²) < 4.78 is 21.8. The van der Waals surface area contributed by atoms with Crippen molar-refractivity contribution in [3.05, 3.63) is 12.2 Å². The van der Waals surface area contributed by atoms with E-state index in [9.17, 15) is 14.2 Å². The number of hydrogen-bond acceptors (Lipinski definition) is 6. The molecule has 0 aromatic heterocycles. The van der Waals surface area contributed by atoms with Gasteiger partial charge in [0.05, 0.1) is 48.7 Å². The van der Waals surface area contributed by atoms with Crippen LogP contribution in [0.4, 0.5) is 0 Å². The molecule has 0 radical (unpaired) electrons. The van der Waals surface area contributed by atoms with Crippen LogP contribution in [0.15, 0.2) is 12.2 Å². The molecule has 21 heavy (non-hydrogen) atoms. The average molecular weight is 322 g/mol. The molecule has 0 rings (SSSR count). The van der Waals surface area contributed by atoms with Crippen molar-refractivity contribution >= 4 is 19.7 Å². The summed E-state index contributed by atoms with van der Waals surface area (Å²) in [5.41, 5.74) is 0. The van der Waals surface area contributed by atoms with E-state index in [4.69, 9.17) is 9.84 Å². The van der Waals surface area contributed by atoms with Gasteiger partial charge < -0.3 is 23.6 Å². The van der Waals surface area contributed by atoms with Crippen LogP contribution in [0.3, 0.4) is 0 Å². The Kier molecular flexibility index (Phi) is 9.95. The van der Waals surface area contributed by atoms with Gasteiger partial charge in [-0.05, 0) is 0 Å². The van der Waals surface area contributed by atoms with E-state index in [0.717, 1.165) is 23.2 Å². The number of quaternary nitrogens is 1. The van der Waals surface area contributed by atoms with E-state index in [2.05, 4.69) is 4.74 Å². The molecule has 0 spiro atoms. The first-order chi connectivity index (χ1) is 9.74. The molecular formula is C13H25NO6P+. The smallest absolute Gasteiger partial charge is 0.331 e. The highest BCUT2D eigenvalue weighted by Crippen LogP contribution is 2.19. The molecule has 0 fully saturated rings. The summed E-state index contributed by atoms with van der Waals surface area (Å²) in [6.45, 7) is 0.490. The Hall–Kier alpha value is -1.17. The second kappa shape index (κ2) is 10.5. The quantitative estimate of drug-likeness (QED) is 0.261. The number of hydrogen-bond donors (Lipinski definition) is 1. The molecular weight excluding hydrogens is 297 g/mol. The molecule has 0 bridgehead atoms. The van der Waals surface area contributed by atoms with Crippen LogP contribution in [0.5, 0.6) is 0 Å². The zero-order valence-electron chi connectivity index (χ0n) is 12.8. The van der Waals surface area contributed by atoms with E-state index in [0.29, 0.717) is 12.3 Å². The predicted molar refractivity (Wildman–Crippen MR) is 79.8 cm³/mol. The maximum absolute atomic E-state index is 11.7. The van der Waals surface area contributed by atoms with Crippen LogP contribution in [0.1, 0.15) is 0 Å². The summed E-state index contributed by atoms with van der Waals surface area (Å²) >= 11 is 0. The molecule has 1 N–H and O–H groups in total. The lowest BCUT2D eigenvalue weighted by molar-refractivity contribution is -0.867. The van der Waals surface area contributed by atoms with E-state index < -0.39 is 19.7 Å². The van der Waals surface area contributed by atoms with Gasteiger partial charge in [0.15, 0.2) is 0 Å². The fourth-order valence-corrected chi connectivity index (χ4v) is 2.73. The third kappa shape index (κ3) is 13.6. The molecule has 1 atom stereocenters. The zero-order chi connectivity index (χ0) is 16.3. The number of aliphatic hydroxyl groups is 1. The molecule has 0 aliphatic heterocycles. The maximum atomic E-state index is 11.7. The second-order valence-corrected chi connectivity index (χ2v) is 7.52. The highest BCUT2D eigenvalue weighted by molar-refractivity contribution is 7.44. The highest BCUT2D eigenvalue weighted by Gasteiger charge is 2.10. The Bertz CT molecular complexity index is 389. The summed E-state index contributed by atoms with van der Waals surface area (Å²) in [5.74, 6) is -1.41. The molecule has 0 heterocycles. The summed E-state index contributed by atoms with van der Waals surface area (Å²) in [7, 11) is 4.32. The van der Waals surface area contributed by atoms with Gasteiger partial charge in [-0.1, -0.05) is 0 Å². The summed E-state index contributed by atoms with van der Waals surface area (Å²) in [5, 5.41) is 8.43. The van der Waals surface area contributed by atoms with Crippen LogP contribution in [-0.4, -0.2) is 81.4 Å². The number of aliphatic hydroxyl groups excluding tert-OH is 1.